The number of hydrogen-bond donors (Lipinski definition) is 0. The molecule has 2 aliphatic rings. The van der Waals surface area contributed by atoms with Gasteiger partial charge in [0, 0.05) is 13.2 Å². The fraction of sp³-hybridized carbons (Fsp3) is 0.208. The third kappa shape index (κ3) is 7.48. The maximum absolute atomic E-state index is 7.19. The molecule has 9 rings (SSSR count). The predicted molar refractivity (Wildman–Crippen MR) is 241 cm³/mol. The second kappa shape index (κ2) is 18.2. The molecule has 304 valence electrons. The molecule has 1 atom stereocenters. The molecule has 1 unspecified atom stereocenters. The van der Waals surface area contributed by atoms with Gasteiger partial charge in [0.25, 0.3) is 0 Å². The van der Waals surface area contributed by atoms with Crippen LogP contribution in [0.25, 0.3) is 0 Å². The third-order valence-electron chi connectivity index (χ3n) is 12.3. The normalized spacial score (nSPS) is 18.9. The molecule has 2 saturated heterocycles. The fourth-order valence-corrected chi connectivity index (χ4v) is 9.42. The van der Waals surface area contributed by atoms with Crippen molar-refractivity contribution in [3.05, 3.63) is 251 Å². The van der Waals surface area contributed by atoms with E-state index in [4.69, 9.17) is 27.9 Å². The molecular weight excluding hydrogens is 754 g/mol. The molecule has 0 saturated carbocycles. The summed E-state index contributed by atoms with van der Waals surface area (Å²) in [5.74, 6) is 0. The van der Waals surface area contributed by atoms with Gasteiger partial charge in [0.05, 0.1) is 0 Å². The molecule has 0 aromatic heterocycles. The van der Waals surface area contributed by atoms with Crippen molar-refractivity contribution in [2.45, 2.75) is 55.0 Å². The molecule has 8 heteroatoms. The van der Waals surface area contributed by atoms with Crippen molar-refractivity contribution in [2.75, 3.05) is 13.2 Å². The highest BCUT2D eigenvalue weighted by molar-refractivity contribution is 6.38. The standard InChI is InChI=1S/C53H50B2O6/c1-50(43-27-11-4-12-28-43)51(44-29-13-5-14-30-44,45-31-15-6-16-32-45)59-54(58-50)56-41-25-2-3-26-42-57-55-60-52(46-33-17-7-18-34-46,47-35-19-8-20-36-47)53(61-55,48-37-21-9-22-38-48)49-39-23-10-24-40-49/h4-24,27-40H,2-3,25-26,41-42H2,1H3. The second-order valence-electron chi connectivity index (χ2n) is 15.8. The van der Waals surface area contributed by atoms with E-state index in [0.29, 0.717) is 13.2 Å². The summed E-state index contributed by atoms with van der Waals surface area (Å²) >= 11 is 0. The SMILES string of the molecule is CC1(c2ccccc2)OB(OCCCCCCOB2OC(c3ccccc3)(c3ccccc3)C(c3ccccc3)(c3ccccc3)O2)OC1(c1ccccc1)c1ccccc1. The molecular formula is C53H50B2O6. The summed E-state index contributed by atoms with van der Waals surface area (Å²) in [6.07, 6.45) is 3.54. The van der Waals surface area contributed by atoms with Crippen LogP contribution in [0.4, 0.5) is 0 Å². The van der Waals surface area contributed by atoms with Crippen LogP contribution >= 0.6 is 0 Å². The third-order valence-corrected chi connectivity index (χ3v) is 12.3. The Morgan fingerprint density at radius 2 is 0.557 bits per heavy atom. The Labute approximate surface area is 360 Å². The van der Waals surface area contributed by atoms with Gasteiger partial charge in [-0.15, -0.1) is 0 Å². The number of hydrogen-bond acceptors (Lipinski definition) is 6. The lowest BCUT2D eigenvalue weighted by Crippen LogP contribution is -2.48. The van der Waals surface area contributed by atoms with Crippen molar-refractivity contribution >= 4 is 14.6 Å². The van der Waals surface area contributed by atoms with E-state index in [0.717, 1.165) is 64.6 Å². The maximum Gasteiger partial charge on any atom is 0.641 e. The van der Waals surface area contributed by atoms with Crippen molar-refractivity contribution in [3.8, 4) is 0 Å². The Bertz CT molecular complexity index is 2200. The van der Waals surface area contributed by atoms with Crippen LogP contribution in [0.15, 0.2) is 212 Å². The lowest BCUT2D eigenvalue weighted by Gasteiger charge is -2.45. The highest BCUT2D eigenvalue weighted by atomic mass is 16.8. The van der Waals surface area contributed by atoms with E-state index in [1.165, 1.54) is 0 Å². The Balaban J connectivity index is 0.882. The van der Waals surface area contributed by atoms with Crippen LogP contribution in [0.5, 0.6) is 0 Å². The van der Waals surface area contributed by atoms with Crippen LogP contribution in [-0.2, 0) is 50.3 Å². The summed E-state index contributed by atoms with van der Waals surface area (Å²) in [6.45, 7) is 3.06. The minimum Gasteiger partial charge on any atom is -0.386 e. The molecule has 0 aliphatic carbocycles. The van der Waals surface area contributed by atoms with E-state index in [9.17, 15) is 0 Å². The number of benzene rings is 7. The van der Waals surface area contributed by atoms with Crippen LogP contribution in [0, 0.1) is 0 Å². The van der Waals surface area contributed by atoms with Crippen LogP contribution in [0.1, 0.15) is 71.6 Å². The number of rotatable bonds is 16. The first-order valence-electron chi connectivity index (χ1n) is 21.4. The van der Waals surface area contributed by atoms with Gasteiger partial charge in [0.2, 0.25) is 0 Å². The second-order valence-corrected chi connectivity index (χ2v) is 15.8. The van der Waals surface area contributed by atoms with E-state index < -0.39 is 37.0 Å². The van der Waals surface area contributed by atoms with E-state index in [1.807, 2.05) is 78.9 Å². The minimum absolute atomic E-state index is 0.464. The van der Waals surface area contributed by atoms with Gasteiger partial charge in [-0.05, 0) is 58.7 Å². The van der Waals surface area contributed by atoms with Crippen molar-refractivity contribution in [1.29, 1.82) is 0 Å². The summed E-state index contributed by atoms with van der Waals surface area (Å²) in [6, 6.07) is 72.5. The van der Waals surface area contributed by atoms with Crippen LogP contribution in [0.2, 0.25) is 0 Å². The first-order valence-corrected chi connectivity index (χ1v) is 21.4. The predicted octanol–water partition coefficient (Wildman–Crippen LogP) is 11.4. The smallest absolute Gasteiger partial charge is 0.386 e. The average Bonchev–Trinajstić information content (AvgIpc) is 3.86. The molecule has 0 spiro atoms. The van der Waals surface area contributed by atoms with Crippen molar-refractivity contribution in [2.24, 2.45) is 0 Å². The van der Waals surface area contributed by atoms with Gasteiger partial charge in [-0.1, -0.05) is 225 Å². The molecule has 0 amide bonds. The Morgan fingerprint density at radius 1 is 0.311 bits per heavy atom. The Kier molecular flexibility index (Phi) is 12.2. The van der Waals surface area contributed by atoms with E-state index >= 15 is 0 Å². The highest BCUT2D eigenvalue weighted by Gasteiger charge is 2.67. The Hall–Kier alpha value is -5.57. The molecule has 0 bridgehead atoms. The van der Waals surface area contributed by atoms with Crippen LogP contribution in [0.3, 0.4) is 0 Å². The topological polar surface area (TPSA) is 55.4 Å². The zero-order valence-electron chi connectivity index (χ0n) is 34.6. The first-order chi connectivity index (χ1) is 30.1. The number of unbranched alkanes of at least 4 members (excludes halogenated alkanes) is 3. The fourth-order valence-electron chi connectivity index (χ4n) is 9.42. The molecule has 7 aromatic carbocycles. The minimum atomic E-state index is -1.07. The molecule has 6 nitrogen and oxygen atoms in total. The maximum atomic E-state index is 7.19. The molecule has 2 heterocycles. The van der Waals surface area contributed by atoms with Crippen LogP contribution < -0.4 is 0 Å². The molecule has 61 heavy (non-hydrogen) atoms. The average molecular weight is 805 g/mol. The summed E-state index contributed by atoms with van der Waals surface area (Å²) in [5.41, 5.74) is 2.97. The van der Waals surface area contributed by atoms with Gasteiger partial charge < -0.3 is 27.9 Å². The lowest BCUT2D eigenvalue weighted by molar-refractivity contribution is -0.0147. The zero-order chi connectivity index (χ0) is 41.4. The summed E-state index contributed by atoms with van der Waals surface area (Å²) in [7, 11) is -1.80. The molecule has 2 aliphatic heterocycles. The monoisotopic (exact) mass is 804 g/mol. The Morgan fingerprint density at radius 3 is 0.869 bits per heavy atom. The van der Waals surface area contributed by atoms with Gasteiger partial charge >= 0.3 is 14.6 Å². The molecule has 0 N–H and O–H groups in total. The van der Waals surface area contributed by atoms with Gasteiger partial charge in [-0.3, -0.25) is 0 Å². The van der Waals surface area contributed by atoms with E-state index in [-0.39, 0.29) is 0 Å². The van der Waals surface area contributed by atoms with Gasteiger partial charge in [-0.2, -0.15) is 0 Å². The quantitative estimate of drug-likeness (QED) is 0.0716. The first kappa shape index (κ1) is 40.8. The molecule has 7 aromatic rings. The zero-order valence-corrected chi connectivity index (χ0v) is 34.6. The van der Waals surface area contributed by atoms with E-state index in [2.05, 4.69) is 140 Å². The molecule has 2 fully saturated rings. The molecule has 0 radical (unpaired) electrons. The summed E-state index contributed by atoms with van der Waals surface area (Å²) < 4.78 is 41.1. The van der Waals surface area contributed by atoms with Crippen molar-refractivity contribution < 1.29 is 27.9 Å². The largest absolute Gasteiger partial charge is 0.641 e. The van der Waals surface area contributed by atoms with Crippen molar-refractivity contribution in [3.63, 3.8) is 0 Å². The lowest BCUT2D eigenvalue weighted by atomic mass is 9.66. The van der Waals surface area contributed by atoms with Gasteiger partial charge in [0.15, 0.2) is 0 Å². The van der Waals surface area contributed by atoms with E-state index in [1.54, 1.807) is 0 Å². The van der Waals surface area contributed by atoms with Gasteiger partial charge in [-0.25, -0.2) is 0 Å². The van der Waals surface area contributed by atoms with Gasteiger partial charge in [0.1, 0.15) is 22.4 Å². The van der Waals surface area contributed by atoms with Crippen molar-refractivity contribution in [1.82, 2.24) is 0 Å². The summed E-state index contributed by atoms with van der Waals surface area (Å²) in [5, 5.41) is 0. The van der Waals surface area contributed by atoms with Crippen LogP contribution in [-0.4, -0.2) is 27.9 Å². The highest BCUT2D eigenvalue weighted by Crippen LogP contribution is 2.59. The summed E-state index contributed by atoms with van der Waals surface area (Å²) in [4.78, 5) is 0.